The number of piperidine rings is 1. The van der Waals surface area contributed by atoms with Crippen molar-refractivity contribution in [3.63, 3.8) is 0 Å². The van der Waals surface area contributed by atoms with E-state index in [9.17, 15) is 0 Å². The minimum absolute atomic E-state index is 0.612. The highest BCUT2D eigenvalue weighted by Crippen LogP contribution is 2.23. The molecular weight excluding hydrogens is 260 g/mol. The van der Waals surface area contributed by atoms with Gasteiger partial charge in [-0.25, -0.2) is 9.97 Å². The maximum absolute atomic E-state index is 4.87. The first-order chi connectivity index (χ1) is 10.1. The van der Waals surface area contributed by atoms with Crippen molar-refractivity contribution in [2.45, 2.75) is 39.7 Å². The van der Waals surface area contributed by atoms with E-state index in [-0.39, 0.29) is 0 Å². The fraction of sp³-hybridized carbons (Fsp3) is 0.647. The van der Waals surface area contributed by atoms with Crippen molar-refractivity contribution in [2.75, 3.05) is 20.1 Å². The summed E-state index contributed by atoms with van der Waals surface area (Å²) in [5.74, 6) is 2.61. The molecule has 3 heterocycles. The van der Waals surface area contributed by atoms with Gasteiger partial charge >= 0.3 is 0 Å². The van der Waals surface area contributed by atoms with Gasteiger partial charge in [-0.2, -0.15) is 0 Å². The van der Waals surface area contributed by atoms with Crippen molar-refractivity contribution >= 4 is 11.2 Å². The number of pyridine rings is 1. The smallest absolute Gasteiger partial charge is 0.159 e. The number of hydrogen-bond donors (Lipinski definition) is 0. The first-order valence-corrected chi connectivity index (χ1v) is 8.12. The number of imidazole rings is 1. The van der Waals surface area contributed by atoms with E-state index < -0.39 is 0 Å². The zero-order chi connectivity index (χ0) is 14.8. The van der Waals surface area contributed by atoms with Gasteiger partial charge in [0.2, 0.25) is 0 Å². The summed E-state index contributed by atoms with van der Waals surface area (Å²) in [6.45, 7) is 7.96. The van der Waals surface area contributed by atoms with Crippen LogP contribution in [0.2, 0.25) is 0 Å². The van der Waals surface area contributed by atoms with Crippen LogP contribution in [0, 0.1) is 11.8 Å². The molecule has 21 heavy (non-hydrogen) atoms. The third kappa shape index (κ3) is 3.26. The summed E-state index contributed by atoms with van der Waals surface area (Å²) in [4.78, 5) is 11.8. The average Bonchev–Trinajstić information content (AvgIpc) is 2.79. The second kappa shape index (κ2) is 6.14. The largest absolute Gasteiger partial charge is 0.312 e. The Kier molecular flexibility index (Phi) is 4.24. The van der Waals surface area contributed by atoms with Gasteiger partial charge in [-0.3, -0.25) is 0 Å². The van der Waals surface area contributed by atoms with Crippen LogP contribution in [0.4, 0.5) is 0 Å². The van der Waals surface area contributed by atoms with Crippen molar-refractivity contribution in [2.24, 2.45) is 11.8 Å². The minimum atomic E-state index is 0.612. The molecule has 0 spiro atoms. The van der Waals surface area contributed by atoms with Gasteiger partial charge in [0.1, 0.15) is 11.3 Å². The van der Waals surface area contributed by atoms with Crippen LogP contribution in [0.3, 0.4) is 0 Å². The Morgan fingerprint density at radius 1 is 1.29 bits per heavy atom. The van der Waals surface area contributed by atoms with E-state index in [4.69, 9.17) is 4.98 Å². The van der Waals surface area contributed by atoms with E-state index >= 15 is 0 Å². The van der Waals surface area contributed by atoms with E-state index in [1.165, 1.54) is 31.8 Å². The Morgan fingerprint density at radius 3 is 2.76 bits per heavy atom. The summed E-state index contributed by atoms with van der Waals surface area (Å²) in [6, 6.07) is 4.06. The second-order valence-corrected chi connectivity index (χ2v) is 6.83. The van der Waals surface area contributed by atoms with Crippen LogP contribution >= 0.6 is 0 Å². The molecule has 0 unspecified atom stereocenters. The Labute approximate surface area is 127 Å². The van der Waals surface area contributed by atoms with Gasteiger partial charge in [-0.15, -0.1) is 0 Å². The molecule has 0 saturated carbocycles. The second-order valence-electron chi connectivity index (χ2n) is 6.83. The molecule has 0 aliphatic carbocycles. The SMILES string of the molecule is CC(C)Cn1c(CC2CCN(C)CC2)nc2cccnc21. The van der Waals surface area contributed by atoms with Crippen LogP contribution in [0.5, 0.6) is 0 Å². The van der Waals surface area contributed by atoms with Gasteiger partial charge in [0.05, 0.1) is 0 Å². The minimum Gasteiger partial charge on any atom is -0.312 e. The predicted molar refractivity (Wildman–Crippen MR) is 86.3 cm³/mol. The van der Waals surface area contributed by atoms with Crippen molar-refractivity contribution < 1.29 is 0 Å². The highest BCUT2D eigenvalue weighted by molar-refractivity contribution is 5.71. The maximum atomic E-state index is 4.87. The number of aromatic nitrogens is 3. The van der Waals surface area contributed by atoms with E-state index in [0.29, 0.717) is 5.92 Å². The summed E-state index contributed by atoms with van der Waals surface area (Å²) in [5.41, 5.74) is 2.09. The summed E-state index contributed by atoms with van der Waals surface area (Å²) in [7, 11) is 2.22. The topological polar surface area (TPSA) is 34.0 Å². The number of hydrogen-bond acceptors (Lipinski definition) is 3. The van der Waals surface area contributed by atoms with Gasteiger partial charge in [-0.1, -0.05) is 13.8 Å². The third-order valence-electron chi connectivity index (χ3n) is 4.44. The van der Waals surface area contributed by atoms with Crippen molar-refractivity contribution in [3.8, 4) is 0 Å². The maximum Gasteiger partial charge on any atom is 0.159 e. The molecule has 1 aliphatic rings. The van der Waals surface area contributed by atoms with Gasteiger partial charge < -0.3 is 9.47 Å². The van der Waals surface area contributed by atoms with Crippen LogP contribution in [-0.4, -0.2) is 39.6 Å². The molecule has 1 saturated heterocycles. The Balaban J connectivity index is 1.86. The highest BCUT2D eigenvalue weighted by atomic mass is 15.1. The van der Waals surface area contributed by atoms with Gasteiger partial charge in [0, 0.05) is 19.2 Å². The Bertz CT molecular complexity index is 594. The lowest BCUT2D eigenvalue weighted by Crippen LogP contribution is -2.31. The molecule has 4 heteroatoms. The lowest BCUT2D eigenvalue weighted by Gasteiger charge is -2.28. The molecule has 0 bridgehead atoms. The molecule has 1 fully saturated rings. The first kappa shape index (κ1) is 14.5. The summed E-state index contributed by atoms with van der Waals surface area (Å²) in [5, 5.41) is 0. The molecule has 0 amide bonds. The van der Waals surface area contributed by atoms with Crippen LogP contribution < -0.4 is 0 Å². The molecule has 3 rings (SSSR count). The van der Waals surface area contributed by atoms with Crippen molar-refractivity contribution in [1.29, 1.82) is 0 Å². The summed E-state index contributed by atoms with van der Waals surface area (Å²) < 4.78 is 2.35. The molecule has 114 valence electrons. The van der Waals surface area contributed by atoms with Gasteiger partial charge in [0.25, 0.3) is 0 Å². The molecule has 0 N–H and O–H groups in total. The van der Waals surface area contributed by atoms with Crippen LogP contribution in [-0.2, 0) is 13.0 Å². The molecule has 0 aromatic carbocycles. The van der Waals surface area contributed by atoms with E-state index in [2.05, 4.69) is 41.4 Å². The molecule has 2 aromatic rings. The van der Waals surface area contributed by atoms with E-state index in [0.717, 1.165) is 30.0 Å². The Hall–Kier alpha value is -1.42. The molecule has 4 nitrogen and oxygen atoms in total. The molecule has 2 aromatic heterocycles. The lowest BCUT2D eigenvalue weighted by molar-refractivity contribution is 0.216. The number of rotatable bonds is 4. The quantitative estimate of drug-likeness (QED) is 0.866. The van der Waals surface area contributed by atoms with Gasteiger partial charge in [0.15, 0.2) is 5.65 Å². The zero-order valence-corrected chi connectivity index (χ0v) is 13.4. The highest BCUT2D eigenvalue weighted by Gasteiger charge is 2.21. The monoisotopic (exact) mass is 286 g/mol. The van der Waals surface area contributed by atoms with Crippen molar-refractivity contribution in [1.82, 2.24) is 19.4 Å². The summed E-state index contributed by atoms with van der Waals surface area (Å²) >= 11 is 0. The molecular formula is C17H26N4. The number of likely N-dealkylation sites (tertiary alicyclic amines) is 1. The molecule has 0 atom stereocenters. The number of nitrogens with zero attached hydrogens (tertiary/aromatic N) is 4. The van der Waals surface area contributed by atoms with Crippen LogP contribution in [0.25, 0.3) is 11.2 Å². The molecule has 0 radical (unpaired) electrons. The Morgan fingerprint density at radius 2 is 2.05 bits per heavy atom. The summed E-state index contributed by atoms with van der Waals surface area (Å²) in [6.07, 6.45) is 5.54. The normalized spacial score (nSPS) is 17.9. The van der Waals surface area contributed by atoms with Gasteiger partial charge in [-0.05, 0) is 56.9 Å². The number of fused-ring (bicyclic) bond motifs is 1. The zero-order valence-electron chi connectivity index (χ0n) is 13.4. The lowest BCUT2D eigenvalue weighted by atomic mass is 9.93. The van der Waals surface area contributed by atoms with Crippen LogP contribution in [0.1, 0.15) is 32.5 Å². The predicted octanol–water partition coefficient (Wildman–Crippen LogP) is 2.97. The van der Waals surface area contributed by atoms with E-state index in [1.54, 1.807) is 0 Å². The molecule has 1 aliphatic heterocycles. The fourth-order valence-electron chi connectivity index (χ4n) is 3.24. The van der Waals surface area contributed by atoms with Crippen LogP contribution in [0.15, 0.2) is 18.3 Å². The third-order valence-corrected chi connectivity index (χ3v) is 4.44. The fourth-order valence-corrected chi connectivity index (χ4v) is 3.24. The standard InChI is InChI=1S/C17H26N4/c1-13(2)12-21-16(11-14-6-9-20(3)10-7-14)19-15-5-4-8-18-17(15)21/h4-5,8,13-14H,6-7,9-12H2,1-3H3. The average molecular weight is 286 g/mol. The van der Waals surface area contributed by atoms with Crippen molar-refractivity contribution in [3.05, 3.63) is 24.2 Å². The van der Waals surface area contributed by atoms with E-state index in [1.807, 2.05) is 12.3 Å². The first-order valence-electron chi connectivity index (χ1n) is 8.12.